The van der Waals surface area contributed by atoms with Gasteiger partial charge in [0.05, 0.1) is 0 Å². The zero-order chi connectivity index (χ0) is 14.2. The molecule has 2 nitrogen and oxygen atoms in total. The molecule has 0 bridgehead atoms. The van der Waals surface area contributed by atoms with Gasteiger partial charge in [-0.05, 0) is 62.2 Å². The van der Waals surface area contributed by atoms with Gasteiger partial charge in [-0.3, -0.25) is 0 Å². The van der Waals surface area contributed by atoms with Gasteiger partial charge in [-0.1, -0.05) is 32.8 Å². The highest BCUT2D eigenvalue weighted by Gasteiger charge is 2.46. The smallest absolute Gasteiger partial charge is 0.331 e. The molecule has 1 N–H and O–H groups in total. The van der Waals surface area contributed by atoms with Crippen LogP contribution in [-0.2, 0) is 4.79 Å². The number of rotatable bonds is 2. The summed E-state index contributed by atoms with van der Waals surface area (Å²) in [6.45, 7) is 8.91. The summed E-state index contributed by atoms with van der Waals surface area (Å²) < 4.78 is 0. The Kier molecular flexibility index (Phi) is 4.08. The summed E-state index contributed by atoms with van der Waals surface area (Å²) in [4.78, 5) is 11.2. The van der Waals surface area contributed by atoms with Crippen molar-refractivity contribution >= 4 is 5.97 Å². The summed E-state index contributed by atoms with van der Waals surface area (Å²) in [5.74, 6) is 1.58. The van der Waals surface area contributed by atoms with Crippen LogP contribution in [0.2, 0.25) is 0 Å². The second kappa shape index (κ2) is 5.30. The number of carboxylic acids is 1. The van der Waals surface area contributed by atoms with Gasteiger partial charge in [0.2, 0.25) is 0 Å². The molecule has 0 amide bonds. The molecule has 0 saturated heterocycles. The number of fused-ring (bicyclic) bond motifs is 1. The van der Waals surface area contributed by atoms with Crippen LogP contribution in [0.15, 0.2) is 11.1 Å². The SMILES string of the molecule is CCC1CCC2CC/C(=C(\C)C(=O)O)CC2C1(C)C. The van der Waals surface area contributed by atoms with Crippen molar-refractivity contribution in [3.05, 3.63) is 11.1 Å². The summed E-state index contributed by atoms with van der Waals surface area (Å²) in [5, 5.41) is 9.20. The zero-order valence-electron chi connectivity index (χ0n) is 12.8. The molecule has 0 aromatic rings. The van der Waals surface area contributed by atoms with Crippen molar-refractivity contribution in [2.75, 3.05) is 0 Å². The number of aliphatic carboxylic acids is 1. The molecule has 0 heterocycles. The Hall–Kier alpha value is -0.790. The Morgan fingerprint density at radius 2 is 2.00 bits per heavy atom. The first kappa shape index (κ1) is 14.6. The third kappa shape index (κ3) is 2.59. The van der Waals surface area contributed by atoms with Gasteiger partial charge in [-0.25, -0.2) is 4.79 Å². The van der Waals surface area contributed by atoms with Crippen LogP contribution in [0.5, 0.6) is 0 Å². The number of carbonyl (C=O) groups is 1. The molecular formula is C17H28O2. The third-order valence-corrected chi connectivity index (χ3v) is 6.09. The van der Waals surface area contributed by atoms with Gasteiger partial charge in [-0.2, -0.15) is 0 Å². The van der Waals surface area contributed by atoms with E-state index < -0.39 is 5.97 Å². The normalized spacial score (nSPS) is 36.5. The summed E-state index contributed by atoms with van der Waals surface area (Å²) in [6, 6.07) is 0. The molecule has 0 radical (unpaired) electrons. The van der Waals surface area contributed by atoms with E-state index in [2.05, 4.69) is 20.8 Å². The Balaban J connectivity index is 2.24. The molecule has 2 fully saturated rings. The quantitative estimate of drug-likeness (QED) is 0.737. The first-order chi connectivity index (χ1) is 8.87. The molecule has 108 valence electrons. The predicted octanol–water partition coefficient (Wildman–Crippen LogP) is 4.65. The molecule has 2 aliphatic carbocycles. The molecule has 0 aromatic heterocycles. The first-order valence-corrected chi connectivity index (χ1v) is 7.79. The van der Waals surface area contributed by atoms with Crippen LogP contribution in [-0.4, -0.2) is 11.1 Å². The summed E-state index contributed by atoms with van der Waals surface area (Å²) in [6.07, 6.45) is 7.20. The van der Waals surface area contributed by atoms with Crippen molar-refractivity contribution in [2.45, 2.75) is 66.2 Å². The molecule has 0 spiro atoms. The first-order valence-electron chi connectivity index (χ1n) is 7.79. The number of hydrogen-bond acceptors (Lipinski definition) is 1. The second-order valence-electron chi connectivity index (χ2n) is 7.15. The van der Waals surface area contributed by atoms with Crippen LogP contribution in [0, 0.1) is 23.2 Å². The molecular weight excluding hydrogens is 236 g/mol. The number of hydrogen-bond donors (Lipinski definition) is 1. The fraction of sp³-hybridized carbons (Fsp3) is 0.824. The average molecular weight is 264 g/mol. The zero-order valence-corrected chi connectivity index (χ0v) is 12.8. The van der Waals surface area contributed by atoms with Gasteiger partial charge in [0.1, 0.15) is 0 Å². The maximum atomic E-state index is 11.2. The lowest BCUT2D eigenvalue weighted by Crippen LogP contribution is -2.43. The summed E-state index contributed by atoms with van der Waals surface area (Å²) in [5.41, 5.74) is 2.17. The lowest BCUT2D eigenvalue weighted by molar-refractivity contribution is -0.132. The highest BCUT2D eigenvalue weighted by Crippen LogP contribution is 2.55. The fourth-order valence-electron chi connectivity index (χ4n) is 4.62. The van der Waals surface area contributed by atoms with Crippen molar-refractivity contribution < 1.29 is 9.90 Å². The van der Waals surface area contributed by atoms with E-state index in [1.807, 2.05) is 0 Å². The number of allylic oxidation sites excluding steroid dienone is 1. The van der Waals surface area contributed by atoms with Gasteiger partial charge in [0.15, 0.2) is 0 Å². The van der Waals surface area contributed by atoms with Crippen molar-refractivity contribution in [2.24, 2.45) is 23.2 Å². The fourth-order valence-corrected chi connectivity index (χ4v) is 4.62. The lowest BCUT2D eigenvalue weighted by Gasteiger charge is -2.52. The topological polar surface area (TPSA) is 37.3 Å². The average Bonchev–Trinajstić information content (AvgIpc) is 2.37. The van der Waals surface area contributed by atoms with Crippen LogP contribution in [0.1, 0.15) is 66.2 Å². The Morgan fingerprint density at radius 3 is 2.58 bits per heavy atom. The van der Waals surface area contributed by atoms with Crippen LogP contribution in [0.4, 0.5) is 0 Å². The van der Waals surface area contributed by atoms with Crippen LogP contribution < -0.4 is 0 Å². The van der Waals surface area contributed by atoms with Crippen LogP contribution in [0.25, 0.3) is 0 Å². The summed E-state index contributed by atoms with van der Waals surface area (Å²) in [7, 11) is 0. The highest BCUT2D eigenvalue weighted by atomic mass is 16.4. The minimum atomic E-state index is -0.728. The van der Waals surface area contributed by atoms with E-state index in [1.54, 1.807) is 6.92 Å². The Bertz CT molecular complexity index is 392. The van der Waals surface area contributed by atoms with Gasteiger partial charge < -0.3 is 5.11 Å². The molecule has 2 heteroatoms. The maximum absolute atomic E-state index is 11.2. The molecule has 3 atom stereocenters. The molecule has 2 saturated carbocycles. The van der Waals surface area contributed by atoms with E-state index in [9.17, 15) is 9.90 Å². The molecule has 2 aliphatic rings. The van der Waals surface area contributed by atoms with E-state index in [4.69, 9.17) is 0 Å². The Morgan fingerprint density at radius 1 is 1.32 bits per heavy atom. The van der Waals surface area contributed by atoms with Crippen LogP contribution in [0.3, 0.4) is 0 Å². The van der Waals surface area contributed by atoms with E-state index in [1.165, 1.54) is 31.3 Å². The highest BCUT2D eigenvalue weighted by molar-refractivity contribution is 5.86. The minimum absolute atomic E-state index is 0.363. The molecule has 2 rings (SSSR count). The Labute approximate surface area is 117 Å². The van der Waals surface area contributed by atoms with E-state index in [-0.39, 0.29) is 0 Å². The molecule has 3 unspecified atom stereocenters. The molecule has 19 heavy (non-hydrogen) atoms. The van der Waals surface area contributed by atoms with Crippen LogP contribution >= 0.6 is 0 Å². The third-order valence-electron chi connectivity index (χ3n) is 6.09. The second-order valence-corrected chi connectivity index (χ2v) is 7.15. The van der Waals surface area contributed by atoms with Crippen molar-refractivity contribution in [1.82, 2.24) is 0 Å². The van der Waals surface area contributed by atoms with Crippen molar-refractivity contribution in [3.63, 3.8) is 0 Å². The minimum Gasteiger partial charge on any atom is -0.478 e. The van der Waals surface area contributed by atoms with Crippen molar-refractivity contribution in [3.8, 4) is 0 Å². The lowest BCUT2D eigenvalue weighted by atomic mass is 9.53. The maximum Gasteiger partial charge on any atom is 0.331 e. The van der Waals surface area contributed by atoms with Gasteiger partial charge in [0.25, 0.3) is 0 Å². The standard InChI is InChI=1S/C17H28O2/c1-5-14-9-8-12-6-7-13(11(2)16(18)19)10-15(12)17(14,3)4/h12,14-15H,5-10H2,1-4H3,(H,18,19)/b13-11-. The van der Waals surface area contributed by atoms with Gasteiger partial charge in [0, 0.05) is 5.57 Å². The number of carboxylic acid groups (broad SMARTS) is 1. The molecule has 0 aliphatic heterocycles. The van der Waals surface area contributed by atoms with Crippen molar-refractivity contribution in [1.29, 1.82) is 0 Å². The monoisotopic (exact) mass is 264 g/mol. The van der Waals surface area contributed by atoms with E-state index in [0.29, 0.717) is 16.9 Å². The molecule has 0 aromatic carbocycles. The van der Waals surface area contributed by atoms with E-state index >= 15 is 0 Å². The predicted molar refractivity (Wildman–Crippen MR) is 78.0 cm³/mol. The summed E-state index contributed by atoms with van der Waals surface area (Å²) >= 11 is 0. The van der Waals surface area contributed by atoms with Gasteiger partial charge in [-0.15, -0.1) is 0 Å². The largest absolute Gasteiger partial charge is 0.478 e. The van der Waals surface area contributed by atoms with E-state index in [0.717, 1.165) is 24.7 Å². The van der Waals surface area contributed by atoms with Gasteiger partial charge >= 0.3 is 5.97 Å².